The van der Waals surface area contributed by atoms with Gasteiger partial charge in [-0.3, -0.25) is 19.5 Å². The van der Waals surface area contributed by atoms with Crippen LogP contribution in [-0.2, 0) is 9.59 Å². The first-order chi connectivity index (χ1) is 8.52. The number of amides is 2. The van der Waals surface area contributed by atoms with Crippen molar-refractivity contribution in [3.63, 3.8) is 0 Å². The van der Waals surface area contributed by atoms with Crippen LogP contribution in [0.2, 0.25) is 0 Å². The molecule has 2 heterocycles. The van der Waals surface area contributed by atoms with Gasteiger partial charge in [0, 0.05) is 6.20 Å². The molecule has 1 aromatic heterocycles. The summed E-state index contributed by atoms with van der Waals surface area (Å²) in [6.07, 6.45) is 3.25. The van der Waals surface area contributed by atoms with E-state index in [0.29, 0.717) is 5.69 Å². The van der Waals surface area contributed by atoms with Crippen molar-refractivity contribution >= 4 is 17.5 Å². The number of pyridine rings is 1. The van der Waals surface area contributed by atoms with E-state index in [-0.39, 0.29) is 17.7 Å². The normalized spacial score (nSPS) is 24.3. The Balaban J connectivity index is 2.43. The van der Waals surface area contributed by atoms with Crippen LogP contribution in [0.4, 0.5) is 5.69 Å². The Morgan fingerprint density at radius 1 is 1.39 bits per heavy atom. The fraction of sp³-hybridized carbons (Fsp3) is 0.462. The molecule has 1 saturated heterocycles. The lowest BCUT2D eigenvalue weighted by Gasteiger charge is -2.39. The first-order valence-electron chi connectivity index (χ1n) is 6.06. The summed E-state index contributed by atoms with van der Waals surface area (Å²) in [5, 5.41) is 2.71. The van der Waals surface area contributed by atoms with Gasteiger partial charge < -0.3 is 5.32 Å². The van der Waals surface area contributed by atoms with Gasteiger partial charge in [-0.2, -0.15) is 0 Å². The summed E-state index contributed by atoms with van der Waals surface area (Å²) in [6, 6.07) is 2.59. The zero-order chi connectivity index (χ0) is 13.3. The van der Waals surface area contributed by atoms with Gasteiger partial charge in [0.2, 0.25) is 11.8 Å². The van der Waals surface area contributed by atoms with E-state index >= 15 is 0 Å². The van der Waals surface area contributed by atoms with Gasteiger partial charge in [0.15, 0.2) is 0 Å². The minimum absolute atomic E-state index is 0.0432. The third kappa shape index (κ3) is 2.08. The number of nitrogens with one attached hydrogen (secondary N) is 1. The molecule has 2 unspecified atom stereocenters. The van der Waals surface area contributed by atoms with E-state index in [1.54, 1.807) is 36.4 Å². The van der Waals surface area contributed by atoms with Gasteiger partial charge in [0.25, 0.3) is 0 Å². The van der Waals surface area contributed by atoms with Gasteiger partial charge in [-0.1, -0.05) is 13.8 Å². The fourth-order valence-corrected chi connectivity index (χ4v) is 2.21. The Morgan fingerprint density at radius 2 is 2.11 bits per heavy atom. The third-order valence-electron chi connectivity index (χ3n) is 3.07. The molecule has 1 aliphatic heterocycles. The number of carbonyl (C=O) groups is 2. The highest BCUT2D eigenvalue weighted by Gasteiger charge is 2.41. The number of anilines is 1. The lowest BCUT2D eigenvalue weighted by Crippen LogP contribution is -2.64. The van der Waals surface area contributed by atoms with E-state index in [4.69, 9.17) is 0 Å². The van der Waals surface area contributed by atoms with Gasteiger partial charge >= 0.3 is 0 Å². The van der Waals surface area contributed by atoms with Crippen LogP contribution < -0.4 is 10.2 Å². The minimum Gasteiger partial charge on any atom is -0.343 e. The summed E-state index contributed by atoms with van der Waals surface area (Å²) in [5.41, 5.74) is 0.669. The quantitative estimate of drug-likeness (QED) is 0.846. The standard InChI is InChI=1S/C13H17N3O2/c1-8(2)11-12(17)15-9(3)13(18)16(11)10-5-4-6-14-7-10/h4-9,11H,1-3H3,(H,15,17). The van der Waals surface area contributed by atoms with E-state index < -0.39 is 12.1 Å². The van der Waals surface area contributed by atoms with E-state index in [1.807, 2.05) is 13.8 Å². The highest BCUT2D eigenvalue weighted by molar-refractivity contribution is 6.08. The fourth-order valence-electron chi connectivity index (χ4n) is 2.21. The van der Waals surface area contributed by atoms with E-state index in [9.17, 15) is 9.59 Å². The first kappa shape index (κ1) is 12.5. The molecule has 2 amide bonds. The summed E-state index contributed by atoms with van der Waals surface area (Å²) in [7, 11) is 0. The molecular weight excluding hydrogens is 230 g/mol. The minimum atomic E-state index is -0.493. The second-order valence-electron chi connectivity index (χ2n) is 4.84. The molecule has 0 aliphatic carbocycles. The van der Waals surface area contributed by atoms with E-state index in [0.717, 1.165) is 0 Å². The molecule has 0 spiro atoms. The van der Waals surface area contributed by atoms with Crippen LogP contribution in [0.25, 0.3) is 0 Å². The van der Waals surface area contributed by atoms with Crippen molar-refractivity contribution < 1.29 is 9.59 Å². The van der Waals surface area contributed by atoms with Crippen molar-refractivity contribution in [2.75, 3.05) is 4.90 Å². The Bertz CT molecular complexity index is 459. The number of piperazine rings is 1. The van der Waals surface area contributed by atoms with Crippen LogP contribution in [0.5, 0.6) is 0 Å². The van der Waals surface area contributed by atoms with Crippen LogP contribution in [0, 0.1) is 5.92 Å². The molecule has 0 bridgehead atoms. The maximum atomic E-state index is 12.3. The average molecular weight is 247 g/mol. The summed E-state index contributed by atoms with van der Waals surface area (Å²) < 4.78 is 0. The van der Waals surface area contributed by atoms with Crippen molar-refractivity contribution in [2.45, 2.75) is 32.9 Å². The zero-order valence-electron chi connectivity index (χ0n) is 10.8. The summed E-state index contributed by atoms with van der Waals surface area (Å²) in [6.45, 7) is 5.55. The first-order valence-corrected chi connectivity index (χ1v) is 6.06. The van der Waals surface area contributed by atoms with Gasteiger partial charge in [0.1, 0.15) is 12.1 Å². The molecule has 1 N–H and O–H groups in total. The molecule has 0 aromatic carbocycles. The molecule has 5 heteroatoms. The second-order valence-corrected chi connectivity index (χ2v) is 4.84. The van der Waals surface area contributed by atoms with Gasteiger partial charge in [-0.05, 0) is 25.0 Å². The number of carbonyl (C=O) groups excluding carboxylic acids is 2. The molecule has 1 fully saturated rings. The SMILES string of the molecule is CC1NC(=O)C(C(C)C)N(c2cccnc2)C1=O. The van der Waals surface area contributed by atoms with Gasteiger partial charge in [-0.25, -0.2) is 0 Å². The lowest BCUT2D eigenvalue weighted by molar-refractivity contribution is -0.134. The molecule has 2 rings (SSSR count). The monoisotopic (exact) mass is 247 g/mol. The molecule has 5 nitrogen and oxygen atoms in total. The average Bonchev–Trinajstić information content (AvgIpc) is 2.34. The summed E-state index contributed by atoms with van der Waals surface area (Å²) >= 11 is 0. The molecule has 1 aliphatic rings. The predicted molar refractivity (Wildman–Crippen MR) is 68.0 cm³/mol. The van der Waals surface area contributed by atoms with E-state index in [2.05, 4.69) is 10.3 Å². The highest BCUT2D eigenvalue weighted by Crippen LogP contribution is 2.24. The maximum absolute atomic E-state index is 12.3. The third-order valence-corrected chi connectivity index (χ3v) is 3.07. The highest BCUT2D eigenvalue weighted by atomic mass is 16.2. The maximum Gasteiger partial charge on any atom is 0.250 e. The van der Waals surface area contributed by atoms with Crippen LogP contribution in [0.1, 0.15) is 20.8 Å². The number of hydrogen-bond acceptors (Lipinski definition) is 3. The van der Waals surface area contributed by atoms with Crippen LogP contribution in [-0.4, -0.2) is 28.9 Å². The molecule has 18 heavy (non-hydrogen) atoms. The van der Waals surface area contributed by atoms with Gasteiger partial charge in [0.05, 0.1) is 11.9 Å². The Hall–Kier alpha value is -1.91. The van der Waals surface area contributed by atoms with Crippen molar-refractivity contribution in [3.8, 4) is 0 Å². The topological polar surface area (TPSA) is 62.3 Å². The summed E-state index contributed by atoms with van der Waals surface area (Å²) in [4.78, 5) is 29.9. The lowest BCUT2D eigenvalue weighted by atomic mass is 9.97. The Kier molecular flexibility index (Phi) is 3.32. The number of rotatable bonds is 2. The predicted octanol–water partition coefficient (Wildman–Crippen LogP) is 0.957. The van der Waals surface area contributed by atoms with E-state index in [1.165, 1.54) is 0 Å². The number of aromatic nitrogens is 1. The summed E-state index contributed by atoms with van der Waals surface area (Å²) in [5.74, 6) is -0.163. The van der Waals surface area contributed by atoms with Crippen molar-refractivity contribution in [2.24, 2.45) is 5.92 Å². The van der Waals surface area contributed by atoms with Crippen LogP contribution in [0.15, 0.2) is 24.5 Å². The largest absolute Gasteiger partial charge is 0.343 e. The molecule has 0 radical (unpaired) electrons. The molecular formula is C13H17N3O2. The second kappa shape index (κ2) is 4.76. The molecule has 1 aromatic rings. The molecule has 0 saturated carbocycles. The number of hydrogen-bond donors (Lipinski definition) is 1. The Morgan fingerprint density at radius 3 is 2.67 bits per heavy atom. The molecule has 2 atom stereocenters. The van der Waals surface area contributed by atoms with Crippen LogP contribution >= 0.6 is 0 Å². The molecule has 96 valence electrons. The number of nitrogens with zero attached hydrogens (tertiary/aromatic N) is 2. The zero-order valence-corrected chi connectivity index (χ0v) is 10.8. The van der Waals surface area contributed by atoms with Crippen molar-refractivity contribution in [1.29, 1.82) is 0 Å². The van der Waals surface area contributed by atoms with Crippen LogP contribution in [0.3, 0.4) is 0 Å². The van der Waals surface area contributed by atoms with Crippen molar-refractivity contribution in [1.82, 2.24) is 10.3 Å². The smallest absolute Gasteiger partial charge is 0.250 e. The van der Waals surface area contributed by atoms with Gasteiger partial charge in [-0.15, -0.1) is 0 Å². The Labute approximate surface area is 106 Å². The van der Waals surface area contributed by atoms with Crippen molar-refractivity contribution in [3.05, 3.63) is 24.5 Å².